The maximum absolute atomic E-state index is 13.4. The molecule has 5 rings (SSSR count). The van der Waals surface area contributed by atoms with Crippen LogP contribution in [-0.4, -0.2) is 29.1 Å². The highest BCUT2D eigenvalue weighted by molar-refractivity contribution is 5.99. The van der Waals surface area contributed by atoms with Crippen molar-refractivity contribution in [2.24, 2.45) is 0 Å². The van der Waals surface area contributed by atoms with Gasteiger partial charge in [0, 0.05) is 13.2 Å². The molecule has 1 amide bonds. The van der Waals surface area contributed by atoms with E-state index >= 15 is 0 Å². The molecule has 1 aromatic heterocycles. The first kappa shape index (κ1) is 21.0. The van der Waals surface area contributed by atoms with Crippen LogP contribution < -0.4 is 10.2 Å². The molecule has 1 N–H and O–H groups in total. The normalized spacial score (nSPS) is 15.1. The molecule has 0 aliphatic carbocycles. The number of para-hydroxylation sites is 1. The fraction of sp³-hybridized carbons (Fsp3) is 0.185. The van der Waals surface area contributed by atoms with Gasteiger partial charge in [-0.2, -0.15) is 0 Å². The van der Waals surface area contributed by atoms with E-state index in [2.05, 4.69) is 0 Å². The van der Waals surface area contributed by atoms with Gasteiger partial charge in [-0.15, -0.1) is 0 Å². The van der Waals surface area contributed by atoms with E-state index < -0.39 is 6.04 Å². The highest BCUT2D eigenvalue weighted by Gasteiger charge is 2.42. The summed E-state index contributed by atoms with van der Waals surface area (Å²) in [6.45, 7) is 0.706. The summed E-state index contributed by atoms with van der Waals surface area (Å²) in [6.07, 6.45) is 0.405. The van der Waals surface area contributed by atoms with Crippen molar-refractivity contribution in [2.75, 3.05) is 13.2 Å². The zero-order valence-corrected chi connectivity index (χ0v) is 17.9. The summed E-state index contributed by atoms with van der Waals surface area (Å²) >= 11 is 0. The van der Waals surface area contributed by atoms with Gasteiger partial charge in [0.05, 0.1) is 17.0 Å². The Kier molecular flexibility index (Phi) is 5.67. The first-order valence-electron chi connectivity index (χ1n) is 10.9. The molecule has 0 fully saturated rings. The summed E-state index contributed by atoms with van der Waals surface area (Å²) in [4.78, 5) is 28.2. The number of carbonyl (C=O) groups excluding carboxylic acids is 1. The third-order valence-electron chi connectivity index (χ3n) is 5.87. The van der Waals surface area contributed by atoms with Gasteiger partial charge in [0.2, 0.25) is 5.76 Å². The van der Waals surface area contributed by atoms with Gasteiger partial charge in [-0.3, -0.25) is 9.59 Å². The zero-order chi connectivity index (χ0) is 22.8. The second-order valence-corrected chi connectivity index (χ2v) is 7.99. The first-order chi connectivity index (χ1) is 16.2. The molecule has 6 heteroatoms. The van der Waals surface area contributed by atoms with Crippen LogP contribution in [0.25, 0.3) is 11.0 Å². The number of nitrogens with zero attached hydrogens (tertiary/aromatic N) is 1. The van der Waals surface area contributed by atoms with Crippen LogP contribution in [0.5, 0.6) is 5.75 Å². The average Bonchev–Trinajstić information content (AvgIpc) is 3.14. The lowest BCUT2D eigenvalue weighted by Crippen LogP contribution is -2.31. The van der Waals surface area contributed by atoms with Crippen molar-refractivity contribution < 1.29 is 19.1 Å². The highest BCUT2D eigenvalue weighted by atomic mass is 16.5. The molecule has 2 heterocycles. The predicted octanol–water partition coefficient (Wildman–Crippen LogP) is 4.30. The Bertz CT molecular complexity index is 1340. The Morgan fingerprint density at radius 1 is 0.909 bits per heavy atom. The van der Waals surface area contributed by atoms with Crippen molar-refractivity contribution in [3.63, 3.8) is 0 Å². The largest absolute Gasteiger partial charge is 0.489 e. The molecule has 33 heavy (non-hydrogen) atoms. The molecule has 0 radical (unpaired) electrons. The number of aliphatic hydroxyl groups excluding tert-OH is 1. The lowest BCUT2D eigenvalue weighted by Gasteiger charge is -2.25. The SMILES string of the molecule is O=C1c2oc3ccccc3c(=O)c2[C@H](c2ccc(OCc3ccccc3)cc2)N1CCCO. The number of amides is 1. The van der Waals surface area contributed by atoms with Crippen molar-refractivity contribution in [1.82, 2.24) is 4.90 Å². The molecule has 166 valence electrons. The van der Waals surface area contributed by atoms with Crippen LogP contribution in [0.2, 0.25) is 0 Å². The Labute approximate surface area is 190 Å². The maximum atomic E-state index is 13.4. The molecule has 0 spiro atoms. The smallest absolute Gasteiger partial charge is 0.290 e. The van der Waals surface area contributed by atoms with E-state index in [0.717, 1.165) is 11.1 Å². The minimum Gasteiger partial charge on any atom is -0.489 e. The van der Waals surface area contributed by atoms with Gasteiger partial charge in [-0.05, 0) is 41.8 Å². The van der Waals surface area contributed by atoms with E-state index in [1.165, 1.54) is 0 Å². The molecule has 0 saturated heterocycles. The maximum Gasteiger partial charge on any atom is 0.290 e. The topological polar surface area (TPSA) is 80.0 Å². The first-order valence-corrected chi connectivity index (χ1v) is 10.9. The van der Waals surface area contributed by atoms with Gasteiger partial charge in [-0.1, -0.05) is 54.6 Å². The molecule has 0 bridgehead atoms. The predicted molar refractivity (Wildman–Crippen MR) is 124 cm³/mol. The fourth-order valence-electron chi connectivity index (χ4n) is 4.27. The van der Waals surface area contributed by atoms with Crippen LogP contribution >= 0.6 is 0 Å². The van der Waals surface area contributed by atoms with Crippen LogP contribution in [0.4, 0.5) is 0 Å². The lowest BCUT2D eigenvalue weighted by atomic mass is 9.98. The van der Waals surface area contributed by atoms with E-state index in [1.54, 1.807) is 29.2 Å². The zero-order valence-electron chi connectivity index (χ0n) is 17.9. The van der Waals surface area contributed by atoms with Gasteiger partial charge >= 0.3 is 0 Å². The van der Waals surface area contributed by atoms with E-state index in [9.17, 15) is 14.7 Å². The number of benzene rings is 3. The second kappa shape index (κ2) is 8.92. The van der Waals surface area contributed by atoms with Crippen molar-refractivity contribution in [2.45, 2.75) is 19.1 Å². The Morgan fingerprint density at radius 3 is 2.39 bits per heavy atom. The number of fused-ring (bicyclic) bond motifs is 2. The summed E-state index contributed by atoms with van der Waals surface area (Å²) in [7, 11) is 0. The third-order valence-corrected chi connectivity index (χ3v) is 5.87. The lowest BCUT2D eigenvalue weighted by molar-refractivity contribution is 0.0716. The van der Waals surface area contributed by atoms with Crippen LogP contribution in [0, 0.1) is 0 Å². The van der Waals surface area contributed by atoms with Gasteiger partial charge in [0.15, 0.2) is 5.43 Å². The van der Waals surface area contributed by atoms with E-state index in [1.807, 2.05) is 54.6 Å². The highest BCUT2D eigenvalue weighted by Crippen LogP contribution is 2.38. The molecule has 6 nitrogen and oxygen atoms in total. The quantitative estimate of drug-likeness (QED) is 0.463. The Morgan fingerprint density at radius 2 is 1.64 bits per heavy atom. The second-order valence-electron chi connectivity index (χ2n) is 7.99. The molecule has 1 aliphatic rings. The van der Waals surface area contributed by atoms with E-state index in [0.29, 0.717) is 41.9 Å². The summed E-state index contributed by atoms with van der Waals surface area (Å²) in [5.74, 6) is 0.432. The number of ether oxygens (including phenoxy) is 1. The summed E-state index contributed by atoms with van der Waals surface area (Å²) in [5.41, 5.74) is 2.38. The molecule has 4 aromatic rings. The standard InChI is InChI=1S/C27H23NO5/c29-16-6-15-28-24(19-11-13-20(14-12-19)32-17-18-7-2-1-3-8-18)23-25(30)21-9-4-5-10-22(21)33-26(23)27(28)31/h1-5,7-14,24,29H,6,15-17H2/t24-/m0/s1. The number of aliphatic hydroxyl groups is 1. The number of rotatable bonds is 7. The number of hydrogen-bond donors (Lipinski definition) is 1. The Hall–Kier alpha value is -3.90. The molecular formula is C27H23NO5. The molecular weight excluding hydrogens is 418 g/mol. The van der Waals surface area contributed by atoms with Gasteiger partial charge < -0.3 is 19.2 Å². The van der Waals surface area contributed by atoms with Crippen LogP contribution in [0.1, 0.15) is 39.7 Å². The molecule has 3 aromatic carbocycles. The van der Waals surface area contributed by atoms with E-state index in [4.69, 9.17) is 9.15 Å². The molecule has 0 saturated carbocycles. The minimum absolute atomic E-state index is 0.0531. The monoisotopic (exact) mass is 441 g/mol. The van der Waals surface area contributed by atoms with Gasteiger partial charge in [0.1, 0.15) is 17.9 Å². The number of carbonyl (C=O) groups is 1. The Balaban J connectivity index is 1.51. The van der Waals surface area contributed by atoms with Crippen molar-refractivity contribution >= 4 is 16.9 Å². The summed E-state index contributed by atoms with van der Waals surface area (Å²) in [5, 5.41) is 9.79. The van der Waals surface area contributed by atoms with Crippen molar-refractivity contribution in [1.29, 1.82) is 0 Å². The number of hydrogen-bond acceptors (Lipinski definition) is 5. The van der Waals surface area contributed by atoms with Crippen LogP contribution in [0.15, 0.2) is 88.1 Å². The minimum atomic E-state index is -0.580. The molecule has 1 atom stereocenters. The van der Waals surface area contributed by atoms with Crippen LogP contribution in [-0.2, 0) is 6.61 Å². The van der Waals surface area contributed by atoms with Gasteiger partial charge in [-0.25, -0.2) is 0 Å². The summed E-state index contributed by atoms with van der Waals surface area (Å²) in [6, 6.07) is 23.7. The van der Waals surface area contributed by atoms with Crippen molar-refractivity contribution in [3.05, 3.63) is 112 Å². The summed E-state index contributed by atoms with van der Waals surface area (Å²) < 4.78 is 11.8. The van der Waals surface area contributed by atoms with Crippen LogP contribution in [0.3, 0.4) is 0 Å². The molecule has 1 aliphatic heterocycles. The van der Waals surface area contributed by atoms with Crippen molar-refractivity contribution in [3.8, 4) is 5.75 Å². The average molecular weight is 441 g/mol. The molecule has 0 unspecified atom stereocenters. The van der Waals surface area contributed by atoms with Gasteiger partial charge in [0.25, 0.3) is 5.91 Å². The fourth-order valence-corrected chi connectivity index (χ4v) is 4.27. The van der Waals surface area contributed by atoms with E-state index in [-0.39, 0.29) is 23.7 Å². The third kappa shape index (κ3) is 3.90.